The molecular formula is C23H27FN8O2. The van der Waals surface area contributed by atoms with Crippen molar-refractivity contribution in [2.75, 3.05) is 31.6 Å². The molecule has 0 radical (unpaired) electrons. The molecule has 0 spiro atoms. The molecule has 2 aliphatic heterocycles. The van der Waals surface area contributed by atoms with Crippen molar-refractivity contribution < 1.29 is 14.0 Å². The van der Waals surface area contributed by atoms with Gasteiger partial charge in [0, 0.05) is 45.7 Å². The van der Waals surface area contributed by atoms with Gasteiger partial charge in [-0.1, -0.05) is 30.3 Å². The highest BCUT2D eigenvalue weighted by Crippen LogP contribution is 2.22. The fraction of sp³-hybridized carbons (Fsp3) is 0.435. The lowest BCUT2D eigenvalue weighted by Gasteiger charge is -2.33. The van der Waals surface area contributed by atoms with Gasteiger partial charge in [-0.15, -0.1) is 5.10 Å². The molecule has 1 atom stereocenters. The van der Waals surface area contributed by atoms with Crippen LogP contribution >= 0.6 is 0 Å². The first kappa shape index (κ1) is 22.2. The van der Waals surface area contributed by atoms with Gasteiger partial charge in [-0.25, -0.2) is 18.7 Å². The van der Waals surface area contributed by atoms with Crippen LogP contribution in [0.1, 0.15) is 28.3 Å². The zero-order valence-electron chi connectivity index (χ0n) is 19.0. The van der Waals surface area contributed by atoms with E-state index >= 15 is 0 Å². The largest absolute Gasteiger partial charge is 0.337 e. The summed E-state index contributed by atoms with van der Waals surface area (Å²) in [5.41, 5.74) is 1.91. The molecular weight excluding hydrogens is 439 g/mol. The fourth-order valence-electron chi connectivity index (χ4n) is 4.30. The number of likely N-dealkylation sites (N-methyl/N-ethyl adjacent to an activating group) is 1. The van der Waals surface area contributed by atoms with Crippen molar-refractivity contribution in [1.82, 2.24) is 34.8 Å². The number of anilines is 1. The number of benzene rings is 1. The first-order valence-corrected chi connectivity index (χ1v) is 11.4. The second-order valence-electron chi connectivity index (χ2n) is 8.79. The van der Waals surface area contributed by atoms with Gasteiger partial charge >= 0.3 is 0 Å². The minimum Gasteiger partial charge on any atom is -0.337 e. The molecule has 0 bridgehead atoms. The summed E-state index contributed by atoms with van der Waals surface area (Å²) in [4.78, 5) is 33.5. The van der Waals surface area contributed by atoms with E-state index < -0.39 is 18.1 Å². The lowest BCUT2D eigenvalue weighted by Crippen LogP contribution is -2.48. The van der Waals surface area contributed by atoms with Crippen LogP contribution < -0.4 is 10.2 Å². The number of rotatable bonds is 7. The van der Waals surface area contributed by atoms with E-state index in [9.17, 15) is 14.0 Å². The molecule has 0 unspecified atom stereocenters. The van der Waals surface area contributed by atoms with Gasteiger partial charge in [0.2, 0.25) is 5.82 Å². The first-order valence-electron chi connectivity index (χ1n) is 11.4. The number of nitrogens with zero attached hydrogens (tertiary/aromatic N) is 7. The van der Waals surface area contributed by atoms with Gasteiger partial charge in [-0.3, -0.25) is 19.4 Å². The van der Waals surface area contributed by atoms with Gasteiger partial charge in [0.25, 0.3) is 11.8 Å². The molecule has 10 nitrogen and oxygen atoms in total. The highest BCUT2D eigenvalue weighted by Gasteiger charge is 2.32. The number of amides is 2. The SMILES string of the molecule is CN1C(=O)[C@@H](NC(=O)c2ncn(Cc3ccccc3)n2)CCn2nc(CCN3CC(F)C3)cc21. The van der Waals surface area contributed by atoms with Gasteiger partial charge < -0.3 is 5.32 Å². The lowest BCUT2D eigenvalue weighted by atomic mass is 10.1. The minimum absolute atomic E-state index is 0.0252. The van der Waals surface area contributed by atoms with Gasteiger partial charge in [-0.2, -0.15) is 5.10 Å². The molecule has 2 aliphatic rings. The summed E-state index contributed by atoms with van der Waals surface area (Å²) in [6.07, 6.45) is 1.89. The lowest BCUT2D eigenvalue weighted by molar-refractivity contribution is -0.120. The van der Waals surface area contributed by atoms with Gasteiger partial charge in [-0.05, 0) is 12.0 Å². The van der Waals surface area contributed by atoms with Crippen LogP contribution in [-0.2, 0) is 24.3 Å². The number of hydrogen-bond donors (Lipinski definition) is 1. The molecule has 34 heavy (non-hydrogen) atoms. The standard InChI is InChI=1S/C23H27FN8O2/c1-29-20-11-18(7-9-30-13-17(24)14-30)27-32(20)10-8-19(23(29)34)26-22(33)21-25-15-31(28-21)12-16-5-3-2-4-6-16/h2-6,11,15,17,19H,7-10,12-14H2,1H3,(H,26,33)/t19-/m0/s1. The van der Waals surface area contributed by atoms with E-state index in [1.54, 1.807) is 16.4 Å². The molecule has 2 aromatic heterocycles. The van der Waals surface area contributed by atoms with Gasteiger partial charge in [0.15, 0.2) is 0 Å². The topological polar surface area (TPSA) is 101 Å². The molecule has 1 saturated heterocycles. The Balaban J connectivity index is 1.19. The Labute approximate surface area is 196 Å². The number of nitrogens with one attached hydrogen (secondary N) is 1. The van der Waals surface area contributed by atoms with E-state index in [4.69, 9.17) is 0 Å². The van der Waals surface area contributed by atoms with Crippen LogP contribution in [0.2, 0.25) is 0 Å². The third kappa shape index (κ3) is 4.69. The summed E-state index contributed by atoms with van der Waals surface area (Å²) in [5, 5.41) is 11.7. The maximum absolute atomic E-state index is 13.1. The summed E-state index contributed by atoms with van der Waals surface area (Å²) in [6, 6.07) is 10.9. The molecule has 5 rings (SSSR count). The summed E-state index contributed by atoms with van der Waals surface area (Å²) >= 11 is 0. The van der Waals surface area contributed by atoms with Gasteiger partial charge in [0.1, 0.15) is 24.4 Å². The summed E-state index contributed by atoms with van der Waals surface area (Å²) in [7, 11) is 1.68. The van der Waals surface area contributed by atoms with Crippen LogP contribution in [0.25, 0.3) is 0 Å². The number of halogens is 1. The Hall–Kier alpha value is -3.60. The maximum Gasteiger partial charge on any atom is 0.291 e. The molecule has 1 fully saturated rings. The highest BCUT2D eigenvalue weighted by molar-refractivity contribution is 6.00. The number of fused-ring (bicyclic) bond motifs is 1. The monoisotopic (exact) mass is 466 g/mol. The predicted molar refractivity (Wildman–Crippen MR) is 122 cm³/mol. The third-order valence-electron chi connectivity index (χ3n) is 6.24. The average molecular weight is 467 g/mol. The Morgan fingerprint density at radius 2 is 2.00 bits per heavy atom. The van der Waals surface area contributed by atoms with Crippen molar-refractivity contribution in [3.8, 4) is 0 Å². The van der Waals surface area contributed by atoms with Crippen LogP contribution in [0.4, 0.5) is 10.2 Å². The Morgan fingerprint density at radius 3 is 2.76 bits per heavy atom. The van der Waals surface area contributed by atoms with Crippen LogP contribution in [0.5, 0.6) is 0 Å². The van der Waals surface area contributed by atoms with Crippen LogP contribution in [0.15, 0.2) is 42.7 Å². The number of likely N-dealkylation sites (tertiary alicyclic amines) is 1. The van der Waals surface area contributed by atoms with E-state index in [2.05, 4.69) is 20.5 Å². The summed E-state index contributed by atoms with van der Waals surface area (Å²) in [5.74, 6) is 0.0101. The molecule has 4 heterocycles. The van der Waals surface area contributed by atoms with Crippen molar-refractivity contribution in [3.05, 3.63) is 59.8 Å². The van der Waals surface area contributed by atoms with E-state index in [0.717, 1.165) is 17.8 Å². The van der Waals surface area contributed by atoms with Crippen molar-refractivity contribution in [2.45, 2.75) is 38.1 Å². The summed E-state index contributed by atoms with van der Waals surface area (Å²) < 4.78 is 16.4. The average Bonchev–Trinajstić information content (AvgIpc) is 3.43. The van der Waals surface area contributed by atoms with Crippen LogP contribution in [-0.4, -0.2) is 80.2 Å². The molecule has 0 aliphatic carbocycles. The predicted octanol–water partition coefficient (Wildman–Crippen LogP) is 0.884. The van der Waals surface area contributed by atoms with E-state index in [1.807, 2.05) is 41.3 Å². The maximum atomic E-state index is 13.1. The minimum atomic E-state index is -0.720. The molecule has 2 amide bonds. The highest BCUT2D eigenvalue weighted by atomic mass is 19.1. The van der Waals surface area contributed by atoms with Crippen molar-refractivity contribution in [1.29, 1.82) is 0 Å². The quantitative estimate of drug-likeness (QED) is 0.555. The smallest absolute Gasteiger partial charge is 0.291 e. The van der Waals surface area contributed by atoms with Crippen molar-refractivity contribution in [3.63, 3.8) is 0 Å². The van der Waals surface area contributed by atoms with Crippen molar-refractivity contribution >= 4 is 17.6 Å². The molecule has 1 N–H and O–H groups in total. The normalized spacial score (nSPS) is 18.9. The first-order chi connectivity index (χ1) is 16.5. The molecule has 11 heteroatoms. The Kier molecular flexibility index (Phi) is 6.10. The number of aryl methyl sites for hydroxylation is 1. The second kappa shape index (κ2) is 9.34. The van der Waals surface area contributed by atoms with E-state index in [-0.39, 0.29) is 11.7 Å². The van der Waals surface area contributed by atoms with E-state index in [1.165, 1.54) is 11.2 Å². The zero-order chi connectivity index (χ0) is 23.7. The molecule has 178 valence electrons. The number of hydrogen-bond acceptors (Lipinski definition) is 6. The number of aromatic nitrogens is 5. The Bertz CT molecular complexity index is 1170. The Morgan fingerprint density at radius 1 is 1.21 bits per heavy atom. The van der Waals surface area contributed by atoms with Gasteiger partial charge in [0.05, 0.1) is 12.2 Å². The van der Waals surface area contributed by atoms with Crippen molar-refractivity contribution in [2.24, 2.45) is 0 Å². The fourth-order valence-corrected chi connectivity index (χ4v) is 4.30. The number of carbonyl (C=O) groups excluding carboxylic acids is 2. The summed E-state index contributed by atoms with van der Waals surface area (Å²) in [6.45, 7) is 2.70. The van der Waals surface area contributed by atoms with E-state index in [0.29, 0.717) is 44.8 Å². The molecule has 0 saturated carbocycles. The van der Waals surface area contributed by atoms with Crippen LogP contribution in [0.3, 0.4) is 0 Å². The zero-order valence-corrected chi connectivity index (χ0v) is 19.0. The number of alkyl halides is 1. The molecule has 1 aromatic carbocycles. The third-order valence-corrected chi connectivity index (χ3v) is 6.24. The second-order valence-corrected chi connectivity index (χ2v) is 8.79. The number of carbonyl (C=O) groups is 2. The van der Waals surface area contributed by atoms with Crippen LogP contribution in [0, 0.1) is 0 Å². The molecule has 3 aromatic rings.